The average Bonchev–Trinajstić information content (AvgIpc) is 2.94. The number of hydrogen-bond donors (Lipinski definition) is 2. The standard InChI is InChI=1S/C12H21N5O2/c1-3-16-8(2)14-12(17(18)19)11(16)15-10-6-4-5-9(10)7-13/h9-10,15H,3-7,13H2,1-2H3. The first-order chi connectivity index (χ1) is 9.08. The fourth-order valence-corrected chi connectivity index (χ4v) is 2.89. The van der Waals surface area contributed by atoms with Crippen LogP contribution in [0.15, 0.2) is 0 Å². The first-order valence-corrected chi connectivity index (χ1v) is 6.76. The molecule has 0 bridgehead atoms. The number of nitrogens with zero attached hydrogens (tertiary/aromatic N) is 3. The first-order valence-electron chi connectivity index (χ1n) is 6.76. The van der Waals surface area contributed by atoms with Crippen LogP contribution in [0.25, 0.3) is 0 Å². The third kappa shape index (κ3) is 2.56. The second-order valence-corrected chi connectivity index (χ2v) is 5.01. The molecule has 1 aliphatic rings. The third-order valence-corrected chi connectivity index (χ3v) is 3.91. The lowest BCUT2D eigenvalue weighted by molar-refractivity contribution is -0.388. The van der Waals surface area contributed by atoms with Crippen LogP contribution in [-0.2, 0) is 6.54 Å². The minimum absolute atomic E-state index is 0.0815. The molecule has 2 rings (SSSR count). The maximum absolute atomic E-state index is 11.1. The Morgan fingerprint density at radius 1 is 1.58 bits per heavy atom. The number of anilines is 1. The van der Waals surface area contributed by atoms with E-state index in [0.29, 0.717) is 30.6 Å². The number of imidazole rings is 1. The molecule has 0 aliphatic heterocycles. The summed E-state index contributed by atoms with van der Waals surface area (Å²) in [4.78, 5) is 14.7. The van der Waals surface area contributed by atoms with Crippen LogP contribution in [0.3, 0.4) is 0 Å². The minimum atomic E-state index is -0.423. The third-order valence-electron chi connectivity index (χ3n) is 3.91. The van der Waals surface area contributed by atoms with Crippen LogP contribution in [0.1, 0.15) is 32.0 Å². The van der Waals surface area contributed by atoms with Gasteiger partial charge in [0.15, 0.2) is 0 Å². The summed E-state index contributed by atoms with van der Waals surface area (Å²) in [6.45, 7) is 5.02. The molecule has 7 nitrogen and oxygen atoms in total. The number of rotatable bonds is 5. The van der Waals surface area contributed by atoms with Gasteiger partial charge in [0, 0.05) is 19.5 Å². The van der Waals surface area contributed by atoms with Gasteiger partial charge in [-0.25, -0.2) is 0 Å². The van der Waals surface area contributed by atoms with Gasteiger partial charge in [-0.3, -0.25) is 4.57 Å². The molecule has 0 amide bonds. The van der Waals surface area contributed by atoms with Gasteiger partial charge >= 0.3 is 5.82 Å². The molecule has 0 spiro atoms. The number of nitro groups is 1. The van der Waals surface area contributed by atoms with Crippen molar-refractivity contribution in [3.05, 3.63) is 15.9 Å². The lowest BCUT2D eigenvalue weighted by Gasteiger charge is -2.20. The highest BCUT2D eigenvalue weighted by atomic mass is 16.6. The second kappa shape index (κ2) is 5.56. The average molecular weight is 267 g/mol. The Morgan fingerprint density at radius 2 is 2.32 bits per heavy atom. The molecule has 2 atom stereocenters. The summed E-state index contributed by atoms with van der Waals surface area (Å²) in [5.41, 5.74) is 5.76. The molecule has 19 heavy (non-hydrogen) atoms. The molecule has 2 unspecified atom stereocenters. The summed E-state index contributed by atoms with van der Waals surface area (Å²) >= 11 is 0. The van der Waals surface area contributed by atoms with Crippen molar-refractivity contribution in [3.8, 4) is 0 Å². The molecule has 1 heterocycles. The highest BCUT2D eigenvalue weighted by molar-refractivity contribution is 5.54. The van der Waals surface area contributed by atoms with Crippen LogP contribution in [0.2, 0.25) is 0 Å². The normalized spacial score (nSPS) is 22.7. The predicted molar refractivity (Wildman–Crippen MR) is 73.1 cm³/mol. The van der Waals surface area contributed by atoms with Crippen LogP contribution in [0, 0.1) is 23.0 Å². The van der Waals surface area contributed by atoms with E-state index < -0.39 is 4.92 Å². The Kier molecular flexibility index (Phi) is 4.04. The molecular formula is C12H21N5O2. The minimum Gasteiger partial charge on any atom is -0.361 e. The van der Waals surface area contributed by atoms with Gasteiger partial charge in [0.1, 0.15) is 0 Å². The summed E-state index contributed by atoms with van der Waals surface area (Å²) < 4.78 is 1.85. The van der Waals surface area contributed by atoms with Crippen molar-refractivity contribution in [3.63, 3.8) is 0 Å². The van der Waals surface area contributed by atoms with Crippen molar-refractivity contribution in [2.75, 3.05) is 11.9 Å². The maximum Gasteiger partial charge on any atom is 0.406 e. The summed E-state index contributed by atoms with van der Waals surface area (Å²) in [5.74, 6) is 1.50. The number of aromatic nitrogens is 2. The van der Waals surface area contributed by atoms with Crippen LogP contribution in [0.5, 0.6) is 0 Å². The topological polar surface area (TPSA) is 99.0 Å². The van der Waals surface area contributed by atoms with E-state index in [1.165, 1.54) is 0 Å². The van der Waals surface area contributed by atoms with E-state index in [2.05, 4.69) is 10.3 Å². The Bertz CT molecular complexity index is 471. The highest BCUT2D eigenvalue weighted by Crippen LogP contribution is 2.32. The molecule has 7 heteroatoms. The van der Waals surface area contributed by atoms with Gasteiger partial charge in [-0.15, -0.1) is 0 Å². The van der Waals surface area contributed by atoms with E-state index in [1.807, 2.05) is 11.5 Å². The van der Waals surface area contributed by atoms with E-state index in [4.69, 9.17) is 5.73 Å². The zero-order valence-electron chi connectivity index (χ0n) is 11.4. The van der Waals surface area contributed by atoms with Crippen molar-refractivity contribution in [1.29, 1.82) is 0 Å². The van der Waals surface area contributed by atoms with Crippen LogP contribution < -0.4 is 11.1 Å². The zero-order valence-corrected chi connectivity index (χ0v) is 11.4. The second-order valence-electron chi connectivity index (χ2n) is 5.01. The van der Waals surface area contributed by atoms with Gasteiger partial charge in [-0.05, 0) is 42.1 Å². The molecule has 1 saturated carbocycles. The van der Waals surface area contributed by atoms with Crippen LogP contribution in [-0.4, -0.2) is 27.1 Å². The largest absolute Gasteiger partial charge is 0.406 e. The number of aryl methyl sites for hydroxylation is 1. The van der Waals surface area contributed by atoms with Crippen molar-refractivity contribution >= 4 is 11.6 Å². The summed E-state index contributed by atoms with van der Waals surface area (Å²) in [7, 11) is 0. The smallest absolute Gasteiger partial charge is 0.361 e. The van der Waals surface area contributed by atoms with Gasteiger partial charge in [0.2, 0.25) is 11.6 Å². The molecule has 1 fully saturated rings. The van der Waals surface area contributed by atoms with Crippen LogP contribution in [0.4, 0.5) is 11.6 Å². The molecule has 3 N–H and O–H groups in total. The quantitative estimate of drug-likeness (QED) is 0.624. The Balaban J connectivity index is 2.30. The van der Waals surface area contributed by atoms with E-state index in [0.717, 1.165) is 19.3 Å². The monoisotopic (exact) mass is 267 g/mol. The Labute approximate surface area is 112 Å². The fraction of sp³-hybridized carbons (Fsp3) is 0.750. The zero-order chi connectivity index (χ0) is 14.0. The van der Waals surface area contributed by atoms with E-state index in [-0.39, 0.29) is 11.9 Å². The summed E-state index contributed by atoms with van der Waals surface area (Å²) in [6, 6.07) is 0.213. The lowest BCUT2D eigenvalue weighted by Crippen LogP contribution is -2.30. The molecular weight excluding hydrogens is 246 g/mol. The lowest BCUT2D eigenvalue weighted by atomic mass is 10.0. The molecule has 0 saturated heterocycles. The van der Waals surface area contributed by atoms with Gasteiger partial charge in [-0.2, -0.15) is 0 Å². The molecule has 106 valence electrons. The molecule has 1 aromatic heterocycles. The Morgan fingerprint density at radius 3 is 2.89 bits per heavy atom. The SMILES string of the molecule is CCn1c(C)nc([N+](=O)[O-])c1NC1CCCC1CN. The molecule has 1 aromatic rings. The van der Waals surface area contributed by atoms with Crippen molar-refractivity contribution < 1.29 is 4.92 Å². The molecule has 0 radical (unpaired) electrons. The van der Waals surface area contributed by atoms with Crippen LogP contribution >= 0.6 is 0 Å². The number of hydrogen-bond acceptors (Lipinski definition) is 5. The predicted octanol–water partition coefficient (Wildman–Crippen LogP) is 1.66. The first kappa shape index (κ1) is 13.8. The van der Waals surface area contributed by atoms with E-state index >= 15 is 0 Å². The number of nitrogens with one attached hydrogen (secondary N) is 1. The highest BCUT2D eigenvalue weighted by Gasteiger charge is 2.31. The molecule has 0 aromatic carbocycles. The summed E-state index contributed by atoms with van der Waals surface area (Å²) in [5, 5.41) is 14.4. The van der Waals surface area contributed by atoms with Crippen molar-refractivity contribution in [1.82, 2.24) is 9.55 Å². The maximum atomic E-state index is 11.1. The summed E-state index contributed by atoms with van der Waals surface area (Å²) in [6.07, 6.45) is 3.21. The number of nitrogens with two attached hydrogens (primary N) is 1. The van der Waals surface area contributed by atoms with Crippen molar-refractivity contribution in [2.24, 2.45) is 11.7 Å². The van der Waals surface area contributed by atoms with Crippen molar-refractivity contribution in [2.45, 2.75) is 45.7 Å². The van der Waals surface area contributed by atoms with Gasteiger partial charge in [-0.1, -0.05) is 6.42 Å². The fourth-order valence-electron chi connectivity index (χ4n) is 2.89. The van der Waals surface area contributed by atoms with Gasteiger partial charge in [0.25, 0.3) is 0 Å². The molecule has 1 aliphatic carbocycles. The van der Waals surface area contributed by atoms with E-state index in [1.54, 1.807) is 6.92 Å². The van der Waals surface area contributed by atoms with Gasteiger partial charge in [0.05, 0.1) is 0 Å². The van der Waals surface area contributed by atoms with Gasteiger partial charge < -0.3 is 21.2 Å². The van der Waals surface area contributed by atoms with E-state index in [9.17, 15) is 10.1 Å². The Hall–Kier alpha value is -1.63.